The van der Waals surface area contributed by atoms with Crippen LogP contribution in [0.2, 0.25) is 0 Å². The van der Waals surface area contributed by atoms with Gasteiger partial charge in [-0.15, -0.1) is 0 Å². The number of para-hydroxylation sites is 1. The van der Waals surface area contributed by atoms with Crippen molar-refractivity contribution >= 4 is 44.4 Å². The zero-order valence-electron chi connectivity index (χ0n) is 10.1. The third-order valence-corrected chi connectivity index (χ3v) is 3.35. The first-order valence-corrected chi connectivity index (χ1v) is 6.47. The van der Waals surface area contributed by atoms with E-state index in [1.54, 1.807) is 13.2 Å². The summed E-state index contributed by atoms with van der Waals surface area (Å²) in [5, 5.41) is 13.9. The Balaban J connectivity index is 2.09. The third-order valence-electron chi connectivity index (χ3n) is 2.66. The van der Waals surface area contributed by atoms with Crippen LogP contribution in [0.15, 0.2) is 34.9 Å². The highest BCUT2D eigenvalue weighted by Crippen LogP contribution is 2.28. The minimum absolute atomic E-state index is 0.534. The summed E-state index contributed by atoms with van der Waals surface area (Å²) in [5.74, 6) is 1.24. The number of aromatic amines is 1. The smallest absolute Gasteiger partial charge is 0.226 e. The van der Waals surface area contributed by atoms with Crippen LogP contribution in [0.4, 0.5) is 17.5 Å². The van der Waals surface area contributed by atoms with Crippen molar-refractivity contribution in [3.63, 3.8) is 0 Å². The maximum absolute atomic E-state index is 4.41. The lowest BCUT2D eigenvalue weighted by atomic mass is 10.3. The Labute approximate surface area is 117 Å². The summed E-state index contributed by atoms with van der Waals surface area (Å²) in [6.07, 6.45) is 1.70. The molecule has 0 bridgehead atoms. The summed E-state index contributed by atoms with van der Waals surface area (Å²) >= 11 is 3.50. The molecule has 0 saturated heterocycles. The molecule has 0 aliphatic rings. The van der Waals surface area contributed by atoms with Gasteiger partial charge < -0.3 is 10.6 Å². The Morgan fingerprint density at radius 1 is 1.21 bits per heavy atom. The van der Waals surface area contributed by atoms with E-state index < -0.39 is 0 Å². The molecular weight excluding hydrogens is 308 g/mol. The fourth-order valence-corrected chi connectivity index (χ4v) is 2.12. The number of rotatable bonds is 3. The van der Waals surface area contributed by atoms with E-state index >= 15 is 0 Å². The van der Waals surface area contributed by atoms with Crippen LogP contribution >= 0.6 is 15.9 Å². The highest BCUT2D eigenvalue weighted by atomic mass is 79.9. The molecule has 6 nitrogen and oxygen atoms in total. The van der Waals surface area contributed by atoms with E-state index in [0.29, 0.717) is 17.4 Å². The monoisotopic (exact) mass is 318 g/mol. The first-order chi connectivity index (χ1) is 9.28. The molecule has 1 aromatic carbocycles. The van der Waals surface area contributed by atoms with Gasteiger partial charge in [0.2, 0.25) is 5.95 Å². The van der Waals surface area contributed by atoms with Gasteiger partial charge in [0.25, 0.3) is 0 Å². The Hall–Kier alpha value is -2.15. The molecule has 0 saturated carbocycles. The number of anilines is 3. The first kappa shape index (κ1) is 11.9. The quantitative estimate of drug-likeness (QED) is 0.692. The lowest BCUT2D eigenvalue weighted by Crippen LogP contribution is -2.01. The predicted octanol–water partition coefficient (Wildman–Crippen LogP) is 2.90. The Morgan fingerprint density at radius 3 is 2.84 bits per heavy atom. The number of nitrogens with zero attached hydrogens (tertiary/aromatic N) is 3. The highest BCUT2D eigenvalue weighted by Gasteiger charge is 2.10. The molecular formula is C12H11BrN6. The largest absolute Gasteiger partial charge is 0.357 e. The number of nitrogens with one attached hydrogen (secondary N) is 3. The van der Waals surface area contributed by atoms with Crippen molar-refractivity contribution in [3.8, 4) is 0 Å². The van der Waals surface area contributed by atoms with E-state index in [9.17, 15) is 0 Å². The van der Waals surface area contributed by atoms with Crippen molar-refractivity contribution in [1.29, 1.82) is 0 Å². The van der Waals surface area contributed by atoms with Crippen LogP contribution in [0.1, 0.15) is 0 Å². The molecule has 0 spiro atoms. The average molecular weight is 319 g/mol. The zero-order chi connectivity index (χ0) is 13.2. The van der Waals surface area contributed by atoms with Crippen molar-refractivity contribution in [2.24, 2.45) is 0 Å². The lowest BCUT2D eigenvalue weighted by molar-refractivity contribution is 1.09. The number of hydrogen-bond donors (Lipinski definition) is 3. The Kier molecular flexibility index (Phi) is 3.04. The summed E-state index contributed by atoms with van der Waals surface area (Å²) < 4.78 is 0.969. The van der Waals surface area contributed by atoms with Gasteiger partial charge in [-0.05, 0) is 28.1 Å². The van der Waals surface area contributed by atoms with Gasteiger partial charge in [0, 0.05) is 11.5 Å². The van der Waals surface area contributed by atoms with Gasteiger partial charge in [-0.25, -0.2) is 0 Å². The molecule has 0 amide bonds. The molecule has 0 unspecified atom stereocenters. The second kappa shape index (κ2) is 4.85. The van der Waals surface area contributed by atoms with Crippen molar-refractivity contribution in [1.82, 2.24) is 20.2 Å². The van der Waals surface area contributed by atoms with Crippen LogP contribution in [0.5, 0.6) is 0 Å². The Bertz CT molecular complexity index is 723. The molecule has 0 aliphatic carbocycles. The highest BCUT2D eigenvalue weighted by molar-refractivity contribution is 9.10. The van der Waals surface area contributed by atoms with Crippen LogP contribution in [0, 0.1) is 0 Å². The van der Waals surface area contributed by atoms with E-state index in [1.807, 2.05) is 24.3 Å². The molecule has 3 aromatic rings. The normalized spacial score (nSPS) is 10.6. The predicted molar refractivity (Wildman–Crippen MR) is 78.7 cm³/mol. The van der Waals surface area contributed by atoms with Crippen LogP contribution in [0.3, 0.4) is 0 Å². The summed E-state index contributed by atoms with van der Waals surface area (Å²) in [6, 6.07) is 7.85. The van der Waals surface area contributed by atoms with Gasteiger partial charge in [-0.2, -0.15) is 15.1 Å². The molecule has 0 fully saturated rings. The topological polar surface area (TPSA) is 78.5 Å². The van der Waals surface area contributed by atoms with Gasteiger partial charge in [0.05, 0.1) is 17.3 Å². The summed E-state index contributed by atoms with van der Waals surface area (Å²) in [6.45, 7) is 0. The fraction of sp³-hybridized carbons (Fsp3) is 0.0833. The van der Waals surface area contributed by atoms with Crippen LogP contribution in [-0.4, -0.2) is 27.2 Å². The van der Waals surface area contributed by atoms with E-state index in [0.717, 1.165) is 15.5 Å². The maximum Gasteiger partial charge on any atom is 0.226 e. The van der Waals surface area contributed by atoms with Gasteiger partial charge >= 0.3 is 0 Å². The molecule has 2 heterocycles. The Morgan fingerprint density at radius 2 is 2.05 bits per heavy atom. The van der Waals surface area contributed by atoms with Crippen molar-refractivity contribution < 1.29 is 0 Å². The second-order valence-electron chi connectivity index (χ2n) is 3.88. The minimum Gasteiger partial charge on any atom is -0.357 e. The van der Waals surface area contributed by atoms with Crippen molar-refractivity contribution in [2.45, 2.75) is 0 Å². The molecule has 2 aromatic heterocycles. The van der Waals surface area contributed by atoms with E-state index in [2.05, 4.69) is 46.7 Å². The van der Waals surface area contributed by atoms with Crippen molar-refractivity contribution in [3.05, 3.63) is 34.9 Å². The summed E-state index contributed by atoms with van der Waals surface area (Å²) in [7, 11) is 1.78. The van der Waals surface area contributed by atoms with E-state index in [-0.39, 0.29) is 0 Å². The number of benzene rings is 1. The molecule has 0 atom stereocenters. The molecule has 0 aliphatic heterocycles. The van der Waals surface area contributed by atoms with Crippen LogP contribution in [0.25, 0.3) is 11.0 Å². The van der Waals surface area contributed by atoms with Gasteiger partial charge in [-0.3, -0.25) is 5.10 Å². The number of hydrogen-bond acceptors (Lipinski definition) is 5. The number of aromatic nitrogens is 4. The van der Waals surface area contributed by atoms with Crippen LogP contribution in [-0.2, 0) is 0 Å². The molecule has 96 valence electrons. The lowest BCUT2D eigenvalue weighted by Gasteiger charge is -2.09. The molecule has 19 heavy (non-hydrogen) atoms. The summed E-state index contributed by atoms with van der Waals surface area (Å²) in [5.41, 5.74) is 1.62. The van der Waals surface area contributed by atoms with Gasteiger partial charge in [0.1, 0.15) is 5.82 Å². The van der Waals surface area contributed by atoms with Gasteiger partial charge in [0.15, 0.2) is 5.65 Å². The average Bonchev–Trinajstić information content (AvgIpc) is 2.89. The number of H-pyrrole nitrogens is 1. The molecule has 3 N–H and O–H groups in total. The van der Waals surface area contributed by atoms with E-state index in [4.69, 9.17) is 0 Å². The molecule has 0 radical (unpaired) electrons. The van der Waals surface area contributed by atoms with Crippen LogP contribution < -0.4 is 10.6 Å². The first-order valence-electron chi connectivity index (χ1n) is 5.68. The SMILES string of the molecule is CNc1nc(Nc2ccccc2Br)c2cn[nH]c2n1. The zero-order valence-corrected chi connectivity index (χ0v) is 11.7. The fourth-order valence-electron chi connectivity index (χ4n) is 1.73. The minimum atomic E-state index is 0.534. The number of halogens is 1. The standard InChI is InChI=1S/C12H11BrN6/c1-14-12-17-10(7-6-15-19-11(7)18-12)16-9-5-3-2-4-8(9)13/h2-6H,1H3,(H3,14,15,16,17,18,19). The maximum atomic E-state index is 4.41. The molecule has 7 heteroatoms. The second-order valence-corrected chi connectivity index (χ2v) is 4.74. The van der Waals surface area contributed by atoms with Crippen molar-refractivity contribution in [2.75, 3.05) is 17.7 Å². The van der Waals surface area contributed by atoms with Gasteiger partial charge in [-0.1, -0.05) is 12.1 Å². The van der Waals surface area contributed by atoms with E-state index in [1.165, 1.54) is 0 Å². The number of fused-ring (bicyclic) bond motifs is 1. The third kappa shape index (κ3) is 2.24. The summed E-state index contributed by atoms with van der Waals surface area (Å²) in [4.78, 5) is 8.70. The molecule has 3 rings (SSSR count).